The third kappa shape index (κ3) is 2.68. The second kappa shape index (κ2) is 5.63. The largest absolute Gasteiger partial charge is 0.392 e. The van der Waals surface area contributed by atoms with Crippen LogP contribution >= 0.6 is 0 Å². The highest BCUT2D eigenvalue weighted by atomic mass is 16.3. The number of nitrogens with zero attached hydrogens (tertiary/aromatic N) is 2. The molecule has 1 aliphatic rings. The van der Waals surface area contributed by atoms with E-state index in [1.54, 1.807) is 0 Å². The molecule has 1 aromatic heterocycles. The maximum absolute atomic E-state index is 9.31. The molecule has 2 aromatic rings. The van der Waals surface area contributed by atoms with Gasteiger partial charge in [-0.25, -0.2) is 4.98 Å². The number of benzene rings is 1. The number of aliphatic hydroxyl groups excluding tert-OH is 1. The Kier molecular flexibility index (Phi) is 3.70. The zero-order chi connectivity index (χ0) is 13.9. The first-order chi connectivity index (χ1) is 9.76. The minimum atomic E-state index is 0.0757. The third-order valence-electron chi connectivity index (χ3n) is 3.97. The van der Waals surface area contributed by atoms with Gasteiger partial charge in [-0.2, -0.15) is 0 Å². The molecule has 1 N–H and O–H groups in total. The SMILES string of the molecule is Cc1cc(CO)cc(N2CCC(c3ccccc3)C2)n1. The van der Waals surface area contributed by atoms with Gasteiger partial charge in [-0.15, -0.1) is 0 Å². The van der Waals surface area contributed by atoms with Crippen molar-refractivity contribution in [1.82, 2.24) is 4.98 Å². The van der Waals surface area contributed by atoms with Crippen LogP contribution in [0.1, 0.15) is 29.2 Å². The predicted octanol–water partition coefficient (Wildman–Crippen LogP) is 2.88. The Hall–Kier alpha value is -1.87. The number of anilines is 1. The first-order valence-corrected chi connectivity index (χ1v) is 7.14. The molecular weight excluding hydrogens is 248 g/mol. The van der Waals surface area contributed by atoms with Crippen molar-refractivity contribution in [2.45, 2.75) is 25.9 Å². The van der Waals surface area contributed by atoms with Crippen LogP contribution in [0, 0.1) is 6.92 Å². The number of hydrogen-bond acceptors (Lipinski definition) is 3. The van der Waals surface area contributed by atoms with Gasteiger partial charge >= 0.3 is 0 Å². The standard InChI is InChI=1S/C17H20N2O/c1-13-9-14(12-20)10-17(18-13)19-8-7-16(11-19)15-5-3-2-4-6-15/h2-6,9-10,16,20H,7-8,11-12H2,1H3. The Morgan fingerprint density at radius 2 is 2.05 bits per heavy atom. The van der Waals surface area contributed by atoms with E-state index in [1.165, 1.54) is 5.56 Å². The summed E-state index contributed by atoms with van der Waals surface area (Å²) in [6.45, 7) is 4.09. The van der Waals surface area contributed by atoms with E-state index >= 15 is 0 Å². The number of aromatic nitrogens is 1. The van der Waals surface area contributed by atoms with Gasteiger partial charge in [0.1, 0.15) is 5.82 Å². The summed E-state index contributed by atoms with van der Waals surface area (Å²) in [5.74, 6) is 1.57. The van der Waals surface area contributed by atoms with E-state index in [-0.39, 0.29) is 6.61 Å². The van der Waals surface area contributed by atoms with Crippen LogP contribution in [0.25, 0.3) is 0 Å². The molecule has 0 aliphatic carbocycles. The summed E-state index contributed by atoms with van der Waals surface area (Å²) in [6.07, 6.45) is 1.16. The molecule has 1 saturated heterocycles. The number of rotatable bonds is 3. The summed E-state index contributed by atoms with van der Waals surface area (Å²) in [5, 5.41) is 9.31. The number of aliphatic hydroxyl groups is 1. The molecule has 2 heterocycles. The molecule has 1 atom stereocenters. The lowest BCUT2D eigenvalue weighted by Crippen LogP contribution is -2.21. The molecule has 0 amide bonds. The number of hydrogen-bond donors (Lipinski definition) is 1. The Labute approximate surface area is 119 Å². The van der Waals surface area contributed by atoms with Gasteiger partial charge in [-0.05, 0) is 36.6 Å². The van der Waals surface area contributed by atoms with Crippen molar-refractivity contribution in [3.8, 4) is 0 Å². The van der Waals surface area contributed by atoms with Crippen LogP contribution in [0.2, 0.25) is 0 Å². The molecule has 1 aliphatic heterocycles. The van der Waals surface area contributed by atoms with Crippen molar-refractivity contribution in [2.75, 3.05) is 18.0 Å². The highest BCUT2D eigenvalue weighted by molar-refractivity contribution is 5.45. The second-order valence-electron chi connectivity index (χ2n) is 5.48. The topological polar surface area (TPSA) is 36.4 Å². The van der Waals surface area contributed by atoms with Crippen molar-refractivity contribution >= 4 is 5.82 Å². The molecular formula is C17H20N2O. The van der Waals surface area contributed by atoms with Gasteiger partial charge in [0.05, 0.1) is 6.61 Å². The minimum absolute atomic E-state index is 0.0757. The van der Waals surface area contributed by atoms with Crippen LogP contribution in [-0.2, 0) is 6.61 Å². The zero-order valence-corrected chi connectivity index (χ0v) is 11.8. The Morgan fingerprint density at radius 3 is 2.80 bits per heavy atom. The van der Waals surface area contributed by atoms with E-state index in [0.717, 1.165) is 36.6 Å². The average Bonchev–Trinajstić information content (AvgIpc) is 2.97. The molecule has 0 saturated carbocycles. The second-order valence-corrected chi connectivity index (χ2v) is 5.48. The molecule has 0 spiro atoms. The average molecular weight is 268 g/mol. The molecule has 1 unspecified atom stereocenters. The predicted molar refractivity (Wildman–Crippen MR) is 80.9 cm³/mol. The van der Waals surface area contributed by atoms with Gasteiger partial charge in [0.15, 0.2) is 0 Å². The molecule has 3 rings (SSSR count). The lowest BCUT2D eigenvalue weighted by atomic mass is 9.99. The Morgan fingerprint density at radius 1 is 1.25 bits per heavy atom. The van der Waals surface area contributed by atoms with Crippen LogP contribution < -0.4 is 4.90 Å². The third-order valence-corrected chi connectivity index (χ3v) is 3.97. The van der Waals surface area contributed by atoms with Crippen molar-refractivity contribution in [2.24, 2.45) is 0 Å². The van der Waals surface area contributed by atoms with Crippen molar-refractivity contribution in [3.63, 3.8) is 0 Å². The van der Waals surface area contributed by atoms with Crippen molar-refractivity contribution < 1.29 is 5.11 Å². The minimum Gasteiger partial charge on any atom is -0.392 e. The van der Waals surface area contributed by atoms with Crippen molar-refractivity contribution in [3.05, 3.63) is 59.3 Å². The molecule has 1 aromatic carbocycles. The first kappa shape index (κ1) is 13.1. The Bertz CT molecular complexity index is 583. The molecule has 0 bridgehead atoms. The van der Waals surface area contributed by atoms with Crippen LogP contribution in [0.4, 0.5) is 5.82 Å². The molecule has 3 nitrogen and oxygen atoms in total. The van der Waals surface area contributed by atoms with Gasteiger partial charge < -0.3 is 10.0 Å². The summed E-state index contributed by atoms with van der Waals surface area (Å²) >= 11 is 0. The molecule has 3 heteroatoms. The summed E-state index contributed by atoms with van der Waals surface area (Å²) in [4.78, 5) is 6.93. The fraction of sp³-hybridized carbons (Fsp3) is 0.353. The quantitative estimate of drug-likeness (QED) is 0.930. The molecule has 1 fully saturated rings. The normalized spacial score (nSPS) is 18.5. The maximum atomic E-state index is 9.31. The van der Waals surface area contributed by atoms with E-state index in [4.69, 9.17) is 0 Å². The van der Waals surface area contributed by atoms with Gasteiger partial charge in [-0.1, -0.05) is 30.3 Å². The molecule has 20 heavy (non-hydrogen) atoms. The lowest BCUT2D eigenvalue weighted by Gasteiger charge is -2.19. The number of pyridine rings is 1. The summed E-state index contributed by atoms with van der Waals surface area (Å²) in [5.41, 5.74) is 3.32. The van der Waals surface area contributed by atoms with E-state index < -0.39 is 0 Å². The maximum Gasteiger partial charge on any atom is 0.129 e. The van der Waals surface area contributed by atoms with Crippen LogP contribution in [-0.4, -0.2) is 23.2 Å². The summed E-state index contributed by atoms with van der Waals surface area (Å²) in [6, 6.07) is 14.6. The van der Waals surface area contributed by atoms with Crippen molar-refractivity contribution in [1.29, 1.82) is 0 Å². The molecule has 0 radical (unpaired) electrons. The molecule has 104 valence electrons. The fourth-order valence-corrected chi connectivity index (χ4v) is 2.94. The van der Waals surface area contributed by atoms with Gasteiger partial charge in [0.25, 0.3) is 0 Å². The van der Waals surface area contributed by atoms with Gasteiger partial charge in [0.2, 0.25) is 0 Å². The van der Waals surface area contributed by atoms with Crippen LogP contribution in [0.5, 0.6) is 0 Å². The van der Waals surface area contributed by atoms with E-state index in [2.05, 4.69) is 40.2 Å². The van der Waals surface area contributed by atoms with E-state index in [1.807, 2.05) is 19.1 Å². The van der Waals surface area contributed by atoms with E-state index in [9.17, 15) is 5.11 Å². The highest BCUT2D eigenvalue weighted by Crippen LogP contribution is 2.30. The van der Waals surface area contributed by atoms with Gasteiger partial charge in [0, 0.05) is 24.7 Å². The first-order valence-electron chi connectivity index (χ1n) is 7.14. The van der Waals surface area contributed by atoms with Crippen LogP contribution in [0.3, 0.4) is 0 Å². The zero-order valence-electron chi connectivity index (χ0n) is 11.8. The number of aryl methyl sites for hydroxylation is 1. The lowest BCUT2D eigenvalue weighted by molar-refractivity contribution is 0.281. The Balaban J connectivity index is 1.79. The smallest absolute Gasteiger partial charge is 0.129 e. The van der Waals surface area contributed by atoms with E-state index in [0.29, 0.717) is 5.92 Å². The highest BCUT2D eigenvalue weighted by Gasteiger charge is 2.24. The fourth-order valence-electron chi connectivity index (χ4n) is 2.94. The summed E-state index contributed by atoms with van der Waals surface area (Å²) in [7, 11) is 0. The summed E-state index contributed by atoms with van der Waals surface area (Å²) < 4.78 is 0. The monoisotopic (exact) mass is 268 g/mol. The van der Waals surface area contributed by atoms with Gasteiger partial charge in [-0.3, -0.25) is 0 Å². The van der Waals surface area contributed by atoms with Crippen LogP contribution in [0.15, 0.2) is 42.5 Å².